The number of rotatable bonds is 5. The molecule has 1 fully saturated rings. The minimum atomic E-state index is -0.0776. The van der Waals surface area contributed by atoms with E-state index in [0.717, 1.165) is 23.8 Å². The first-order valence-electron chi connectivity index (χ1n) is 6.32. The van der Waals surface area contributed by atoms with Crippen molar-refractivity contribution in [3.05, 3.63) is 28.8 Å². The van der Waals surface area contributed by atoms with Crippen LogP contribution in [0.3, 0.4) is 0 Å². The first-order valence-corrected chi connectivity index (χ1v) is 6.32. The predicted octanol–water partition coefficient (Wildman–Crippen LogP) is 2.05. The summed E-state index contributed by atoms with van der Waals surface area (Å²) in [5, 5.41) is 0. The molecule has 0 radical (unpaired) electrons. The van der Waals surface area contributed by atoms with Crippen LogP contribution in [0.1, 0.15) is 35.6 Å². The molecule has 17 heavy (non-hydrogen) atoms. The van der Waals surface area contributed by atoms with E-state index in [0.29, 0.717) is 6.54 Å². The molecule has 4 N–H and O–H groups in total. The van der Waals surface area contributed by atoms with Crippen LogP contribution in [-0.2, 0) is 0 Å². The fraction of sp³-hybridized carbons (Fsp3) is 0.571. The molecule has 3 nitrogen and oxygen atoms in total. The van der Waals surface area contributed by atoms with E-state index < -0.39 is 0 Å². The summed E-state index contributed by atoms with van der Waals surface area (Å²) in [4.78, 5) is 0. The summed E-state index contributed by atoms with van der Waals surface area (Å²) in [6.45, 7) is 5.50. The molecule has 0 aliphatic heterocycles. The molecule has 0 heterocycles. The third kappa shape index (κ3) is 2.79. The topological polar surface area (TPSA) is 61.3 Å². The van der Waals surface area contributed by atoms with E-state index >= 15 is 0 Å². The molecular weight excluding hydrogens is 212 g/mol. The van der Waals surface area contributed by atoms with E-state index in [-0.39, 0.29) is 6.04 Å². The second-order valence-corrected chi connectivity index (χ2v) is 5.00. The summed E-state index contributed by atoms with van der Waals surface area (Å²) < 4.78 is 5.84. The predicted molar refractivity (Wildman–Crippen MR) is 70.1 cm³/mol. The van der Waals surface area contributed by atoms with Gasteiger partial charge in [0.1, 0.15) is 5.75 Å². The highest BCUT2D eigenvalue weighted by Crippen LogP contribution is 2.32. The molecule has 1 aromatic carbocycles. The van der Waals surface area contributed by atoms with Crippen LogP contribution in [0.5, 0.6) is 5.75 Å². The summed E-state index contributed by atoms with van der Waals surface area (Å²) in [5.41, 5.74) is 15.1. The molecule has 2 rings (SSSR count). The lowest BCUT2D eigenvalue weighted by Gasteiger charge is -2.17. The summed E-state index contributed by atoms with van der Waals surface area (Å²) in [5.74, 6) is 1.77. The molecule has 1 aromatic rings. The van der Waals surface area contributed by atoms with E-state index in [1.54, 1.807) is 0 Å². The van der Waals surface area contributed by atoms with Gasteiger partial charge in [-0.15, -0.1) is 0 Å². The molecule has 1 aliphatic rings. The first-order chi connectivity index (χ1) is 8.13. The minimum Gasteiger partial charge on any atom is -0.493 e. The molecule has 1 aliphatic carbocycles. The Morgan fingerprint density at radius 3 is 2.59 bits per heavy atom. The van der Waals surface area contributed by atoms with Crippen LogP contribution in [0.25, 0.3) is 0 Å². The third-order valence-corrected chi connectivity index (χ3v) is 3.60. The van der Waals surface area contributed by atoms with E-state index in [4.69, 9.17) is 16.2 Å². The van der Waals surface area contributed by atoms with Crippen LogP contribution in [0.2, 0.25) is 0 Å². The van der Waals surface area contributed by atoms with E-state index in [1.165, 1.54) is 24.0 Å². The quantitative estimate of drug-likeness (QED) is 0.819. The molecule has 0 amide bonds. The molecule has 0 bridgehead atoms. The molecule has 3 heteroatoms. The van der Waals surface area contributed by atoms with Crippen molar-refractivity contribution < 1.29 is 4.74 Å². The van der Waals surface area contributed by atoms with Gasteiger partial charge < -0.3 is 16.2 Å². The lowest BCUT2D eigenvalue weighted by molar-refractivity contribution is 0.297. The van der Waals surface area contributed by atoms with E-state index in [1.807, 2.05) is 12.1 Å². The Bertz CT molecular complexity index is 399. The van der Waals surface area contributed by atoms with Gasteiger partial charge in [0.15, 0.2) is 0 Å². The normalized spacial score (nSPS) is 16.9. The second-order valence-electron chi connectivity index (χ2n) is 5.00. The SMILES string of the molecule is Cc1c(OCC2CC2)ccc(C(N)CN)c1C. The summed E-state index contributed by atoms with van der Waals surface area (Å²) >= 11 is 0. The van der Waals surface area contributed by atoms with Crippen molar-refractivity contribution in [2.45, 2.75) is 32.7 Å². The van der Waals surface area contributed by atoms with Gasteiger partial charge in [0.25, 0.3) is 0 Å². The largest absolute Gasteiger partial charge is 0.493 e. The van der Waals surface area contributed by atoms with Crippen LogP contribution in [0.4, 0.5) is 0 Å². The van der Waals surface area contributed by atoms with Crippen LogP contribution < -0.4 is 16.2 Å². The van der Waals surface area contributed by atoms with Gasteiger partial charge in [-0.1, -0.05) is 6.07 Å². The standard InChI is InChI=1S/C14H22N2O/c1-9-10(2)14(17-8-11-3-4-11)6-5-12(9)13(16)7-15/h5-6,11,13H,3-4,7-8,15-16H2,1-2H3. The molecule has 0 saturated heterocycles. The van der Waals surface area contributed by atoms with Crippen LogP contribution in [0.15, 0.2) is 12.1 Å². The van der Waals surface area contributed by atoms with Crippen molar-refractivity contribution in [1.29, 1.82) is 0 Å². The number of benzene rings is 1. The molecular formula is C14H22N2O. The van der Waals surface area contributed by atoms with Crippen molar-refractivity contribution in [1.82, 2.24) is 0 Å². The first kappa shape index (κ1) is 12.4. The molecule has 0 spiro atoms. The highest BCUT2D eigenvalue weighted by molar-refractivity contribution is 5.44. The monoisotopic (exact) mass is 234 g/mol. The average molecular weight is 234 g/mol. The van der Waals surface area contributed by atoms with Crippen molar-refractivity contribution in [2.24, 2.45) is 17.4 Å². The fourth-order valence-corrected chi connectivity index (χ4v) is 1.99. The van der Waals surface area contributed by atoms with Gasteiger partial charge in [0.2, 0.25) is 0 Å². The Hall–Kier alpha value is -1.06. The molecule has 1 saturated carbocycles. The Balaban J connectivity index is 2.15. The van der Waals surface area contributed by atoms with E-state index in [2.05, 4.69) is 13.8 Å². The van der Waals surface area contributed by atoms with Gasteiger partial charge in [0.05, 0.1) is 6.61 Å². The van der Waals surface area contributed by atoms with Crippen LogP contribution in [0, 0.1) is 19.8 Å². The minimum absolute atomic E-state index is 0.0776. The third-order valence-electron chi connectivity index (χ3n) is 3.60. The second kappa shape index (κ2) is 5.07. The van der Waals surface area contributed by atoms with Crippen molar-refractivity contribution >= 4 is 0 Å². The molecule has 94 valence electrons. The summed E-state index contributed by atoms with van der Waals surface area (Å²) in [6, 6.07) is 3.99. The van der Waals surface area contributed by atoms with Crippen molar-refractivity contribution in [2.75, 3.05) is 13.2 Å². The highest BCUT2D eigenvalue weighted by atomic mass is 16.5. The molecule has 1 unspecified atom stereocenters. The Kier molecular flexibility index (Phi) is 3.69. The molecule has 1 atom stereocenters. The zero-order valence-electron chi connectivity index (χ0n) is 10.7. The van der Waals surface area contributed by atoms with Crippen LogP contribution in [-0.4, -0.2) is 13.2 Å². The Morgan fingerprint density at radius 1 is 1.29 bits per heavy atom. The zero-order chi connectivity index (χ0) is 12.4. The lowest BCUT2D eigenvalue weighted by Crippen LogP contribution is -2.22. The van der Waals surface area contributed by atoms with Crippen molar-refractivity contribution in [3.63, 3.8) is 0 Å². The number of ether oxygens (including phenoxy) is 1. The maximum Gasteiger partial charge on any atom is 0.122 e. The van der Waals surface area contributed by atoms with E-state index in [9.17, 15) is 0 Å². The number of hydrogen-bond acceptors (Lipinski definition) is 3. The molecule has 0 aromatic heterocycles. The highest BCUT2D eigenvalue weighted by Gasteiger charge is 2.22. The average Bonchev–Trinajstić information content (AvgIpc) is 3.14. The number of nitrogens with two attached hydrogens (primary N) is 2. The van der Waals surface area contributed by atoms with Crippen LogP contribution >= 0.6 is 0 Å². The summed E-state index contributed by atoms with van der Waals surface area (Å²) in [7, 11) is 0. The van der Waals surface area contributed by atoms with Gasteiger partial charge in [-0.2, -0.15) is 0 Å². The Morgan fingerprint density at radius 2 is 2.00 bits per heavy atom. The smallest absolute Gasteiger partial charge is 0.122 e. The van der Waals surface area contributed by atoms with Gasteiger partial charge >= 0.3 is 0 Å². The Labute approximate surface area is 103 Å². The van der Waals surface area contributed by atoms with Crippen molar-refractivity contribution in [3.8, 4) is 5.75 Å². The van der Waals surface area contributed by atoms with Gasteiger partial charge in [-0.05, 0) is 55.4 Å². The number of hydrogen-bond donors (Lipinski definition) is 2. The maximum absolute atomic E-state index is 5.98. The fourth-order valence-electron chi connectivity index (χ4n) is 1.99. The maximum atomic E-state index is 5.98. The summed E-state index contributed by atoms with van der Waals surface area (Å²) in [6.07, 6.45) is 2.63. The van der Waals surface area contributed by atoms with Gasteiger partial charge in [-0.3, -0.25) is 0 Å². The zero-order valence-corrected chi connectivity index (χ0v) is 10.7. The van der Waals surface area contributed by atoms with Gasteiger partial charge in [-0.25, -0.2) is 0 Å². The lowest BCUT2D eigenvalue weighted by atomic mass is 9.97. The van der Waals surface area contributed by atoms with Gasteiger partial charge in [0, 0.05) is 12.6 Å².